The number of carbonyl (C=O) groups excluding carboxylic acids is 3. The minimum atomic E-state index is -0.637. The third-order valence-corrected chi connectivity index (χ3v) is 1.60. The Hall–Kier alpha value is -1.26. The quantitative estimate of drug-likeness (QED) is 0.525. The summed E-state index contributed by atoms with van der Waals surface area (Å²) in [4.78, 5) is 32.8. The maximum atomic E-state index is 11.2. The fraction of sp³-hybridized carbons (Fsp3) is 0.222. The van der Waals surface area contributed by atoms with Crippen molar-refractivity contribution in [2.75, 3.05) is 13.6 Å². The van der Waals surface area contributed by atoms with Gasteiger partial charge in [0.25, 0.3) is 0 Å². The number of ketones is 3. The van der Waals surface area contributed by atoms with Crippen LogP contribution in [0.25, 0.3) is 0 Å². The third-order valence-electron chi connectivity index (χ3n) is 1.60. The molecule has 14 heavy (non-hydrogen) atoms. The highest BCUT2D eigenvalue weighted by Crippen LogP contribution is 2.05. The van der Waals surface area contributed by atoms with Gasteiger partial charge in [0.2, 0.25) is 11.6 Å². The highest BCUT2D eigenvalue weighted by molar-refractivity contribution is 6.47. The second-order valence-electron chi connectivity index (χ2n) is 2.62. The standard InChI is InChI=1S/C9H9NO3.ClH/c1-10-5-9(13)6-2-3-7(11)8(12)4-6;/h2-4,10H,5H2,1H3;1H. The number of rotatable bonds is 3. The molecular formula is C9H10ClNO3. The van der Waals surface area contributed by atoms with E-state index >= 15 is 0 Å². The first-order chi connectivity index (χ1) is 6.15. The van der Waals surface area contributed by atoms with Crippen LogP contribution >= 0.6 is 12.4 Å². The third kappa shape index (κ3) is 2.90. The van der Waals surface area contributed by atoms with E-state index in [4.69, 9.17) is 0 Å². The van der Waals surface area contributed by atoms with E-state index in [0.29, 0.717) is 0 Å². The lowest BCUT2D eigenvalue weighted by Crippen LogP contribution is -2.22. The summed E-state index contributed by atoms with van der Waals surface area (Å²) in [6.45, 7) is 0.164. The van der Waals surface area contributed by atoms with E-state index in [1.165, 1.54) is 6.08 Å². The van der Waals surface area contributed by atoms with Gasteiger partial charge in [0, 0.05) is 11.6 Å². The maximum Gasteiger partial charge on any atom is 0.226 e. The van der Waals surface area contributed by atoms with E-state index in [0.717, 1.165) is 12.2 Å². The van der Waals surface area contributed by atoms with E-state index in [-0.39, 0.29) is 30.3 Å². The molecule has 0 saturated heterocycles. The Morgan fingerprint density at radius 2 is 1.93 bits per heavy atom. The van der Waals surface area contributed by atoms with Gasteiger partial charge < -0.3 is 5.32 Å². The van der Waals surface area contributed by atoms with E-state index < -0.39 is 11.6 Å². The Bertz CT molecular complexity index is 331. The molecule has 4 nitrogen and oxygen atoms in total. The molecule has 0 aromatic rings. The summed E-state index contributed by atoms with van der Waals surface area (Å²) in [7, 11) is 1.64. The number of hydrogen-bond donors (Lipinski definition) is 1. The molecular weight excluding hydrogens is 206 g/mol. The van der Waals surface area contributed by atoms with Gasteiger partial charge in [-0.1, -0.05) is 0 Å². The Morgan fingerprint density at radius 1 is 1.29 bits per heavy atom. The first-order valence-corrected chi connectivity index (χ1v) is 3.81. The molecule has 1 N–H and O–H groups in total. The first kappa shape index (κ1) is 12.7. The fourth-order valence-electron chi connectivity index (χ4n) is 0.944. The summed E-state index contributed by atoms with van der Waals surface area (Å²) < 4.78 is 0. The Balaban J connectivity index is 0.00000169. The molecule has 0 spiro atoms. The molecule has 0 heterocycles. The van der Waals surface area contributed by atoms with Gasteiger partial charge >= 0.3 is 0 Å². The van der Waals surface area contributed by atoms with Crippen LogP contribution in [0.5, 0.6) is 0 Å². The molecule has 0 fully saturated rings. The normalized spacial score (nSPS) is 14.8. The van der Waals surface area contributed by atoms with Crippen molar-refractivity contribution in [1.82, 2.24) is 5.32 Å². The van der Waals surface area contributed by atoms with Gasteiger partial charge in [-0.05, 0) is 19.2 Å². The molecule has 0 unspecified atom stereocenters. The number of allylic oxidation sites excluding steroid dienone is 3. The zero-order valence-electron chi connectivity index (χ0n) is 7.57. The summed E-state index contributed by atoms with van der Waals surface area (Å²) in [6.07, 6.45) is 3.55. The van der Waals surface area contributed by atoms with Crippen molar-refractivity contribution < 1.29 is 14.4 Å². The molecule has 5 heteroatoms. The molecule has 1 aliphatic carbocycles. The Kier molecular flexibility index (Phi) is 4.97. The van der Waals surface area contributed by atoms with Gasteiger partial charge in [-0.3, -0.25) is 14.4 Å². The number of carbonyl (C=O) groups is 3. The Labute approximate surface area is 87.5 Å². The van der Waals surface area contributed by atoms with Crippen LogP contribution in [0.2, 0.25) is 0 Å². The number of likely N-dealkylation sites (N-methyl/N-ethyl adjacent to an activating group) is 1. The van der Waals surface area contributed by atoms with E-state index in [2.05, 4.69) is 5.32 Å². The zero-order chi connectivity index (χ0) is 9.84. The number of hydrogen-bond acceptors (Lipinski definition) is 4. The minimum Gasteiger partial charge on any atom is -0.313 e. The lowest BCUT2D eigenvalue weighted by Gasteiger charge is -2.03. The number of halogens is 1. The number of nitrogens with one attached hydrogen (secondary N) is 1. The lowest BCUT2D eigenvalue weighted by atomic mass is 10.0. The SMILES string of the molecule is CNCC(=O)C1=CC(=O)C(=O)C=C1.Cl. The lowest BCUT2D eigenvalue weighted by molar-refractivity contribution is -0.131. The predicted molar refractivity (Wildman–Crippen MR) is 53.4 cm³/mol. The molecule has 0 aromatic heterocycles. The van der Waals surface area contributed by atoms with Gasteiger partial charge in [0.05, 0.1) is 6.54 Å². The molecule has 0 amide bonds. The summed E-state index contributed by atoms with van der Waals surface area (Å²) in [5, 5.41) is 2.67. The van der Waals surface area contributed by atoms with Crippen molar-refractivity contribution in [3.8, 4) is 0 Å². The van der Waals surface area contributed by atoms with Crippen molar-refractivity contribution >= 4 is 29.8 Å². The molecule has 1 aliphatic rings. The van der Waals surface area contributed by atoms with Crippen LogP contribution in [0.4, 0.5) is 0 Å². The van der Waals surface area contributed by atoms with E-state index in [1.807, 2.05) is 0 Å². The smallest absolute Gasteiger partial charge is 0.226 e. The number of Topliss-reactive ketones (excluding diaryl/α,β-unsaturated/α-hetero) is 1. The zero-order valence-corrected chi connectivity index (χ0v) is 8.39. The average molecular weight is 216 g/mol. The van der Waals surface area contributed by atoms with Crippen LogP contribution in [0, 0.1) is 0 Å². The van der Waals surface area contributed by atoms with Crippen LogP contribution in [-0.4, -0.2) is 30.9 Å². The molecule has 0 atom stereocenters. The maximum absolute atomic E-state index is 11.2. The second kappa shape index (κ2) is 5.47. The van der Waals surface area contributed by atoms with Crippen molar-refractivity contribution in [3.05, 3.63) is 23.8 Å². The predicted octanol–water partition coefficient (Wildman–Crippen LogP) is -0.169. The van der Waals surface area contributed by atoms with Crippen molar-refractivity contribution in [3.63, 3.8) is 0 Å². The largest absolute Gasteiger partial charge is 0.313 e. The van der Waals surface area contributed by atoms with E-state index in [9.17, 15) is 14.4 Å². The van der Waals surface area contributed by atoms with Gasteiger partial charge in [-0.25, -0.2) is 0 Å². The van der Waals surface area contributed by atoms with Crippen LogP contribution in [0.15, 0.2) is 23.8 Å². The molecule has 0 bridgehead atoms. The first-order valence-electron chi connectivity index (χ1n) is 3.81. The van der Waals surface area contributed by atoms with Crippen LogP contribution < -0.4 is 5.32 Å². The topological polar surface area (TPSA) is 63.2 Å². The minimum absolute atomic E-state index is 0. The summed E-state index contributed by atoms with van der Waals surface area (Å²) in [5.41, 5.74) is 0.277. The van der Waals surface area contributed by atoms with Crippen LogP contribution in [-0.2, 0) is 14.4 Å². The van der Waals surface area contributed by atoms with Crippen molar-refractivity contribution in [2.45, 2.75) is 0 Å². The highest BCUT2D eigenvalue weighted by Gasteiger charge is 2.16. The fourth-order valence-corrected chi connectivity index (χ4v) is 0.944. The Morgan fingerprint density at radius 3 is 2.43 bits per heavy atom. The van der Waals surface area contributed by atoms with Gasteiger partial charge in [0.1, 0.15) is 0 Å². The van der Waals surface area contributed by atoms with Crippen LogP contribution in [0.1, 0.15) is 0 Å². The van der Waals surface area contributed by atoms with Crippen molar-refractivity contribution in [2.24, 2.45) is 0 Å². The molecule has 0 aliphatic heterocycles. The van der Waals surface area contributed by atoms with E-state index in [1.54, 1.807) is 7.05 Å². The van der Waals surface area contributed by atoms with Crippen molar-refractivity contribution in [1.29, 1.82) is 0 Å². The molecule has 0 radical (unpaired) electrons. The molecule has 0 aromatic carbocycles. The average Bonchev–Trinajstić information content (AvgIpc) is 2.10. The molecule has 1 rings (SSSR count). The summed E-state index contributed by atoms with van der Waals surface area (Å²) in [6, 6.07) is 0. The summed E-state index contributed by atoms with van der Waals surface area (Å²) >= 11 is 0. The molecule has 76 valence electrons. The van der Waals surface area contributed by atoms with Crippen LogP contribution in [0.3, 0.4) is 0 Å². The second-order valence-corrected chi connectivity index (χ2v) is 2.62. The van der Waals surface area contributed by atoms with Gasteiger partial charge in [-0.15, -0.1) is 12.4 Å². The van der Waals surface area contributed by atoms with Gasteiger partial charge in [0.15, 0.2) is 5.78 Å². The van der Waals surface area contributed by atoms with Gasteiger partial charge in [-0.2, -0.15) is 0 Å². The highest BCUT2D eigenvalue weighted by atomic mass is 35.5. The monoisotopic (exact) mass is 215 g/mol. The molecule has 0 saturated carbocycles. The summed E-state index contributed by atoms with van der Waals surface area (Å²) in [5.74, 6) is -1.41.